The lowest BCUT2D eigenvalue weighted by atomic mass is 9.69. The topological polar surface area (TPSA) is 42.8 Å². The van der Waals surface area contributed by atoms with E-state index < -0.39 is 0 Å². The number of aromatic nitrogens is 1. The molecule has 1 aromatic heterocycles. The van der Waals surface area contributed by atoms with Crippen LogP contribution in [0.2, 0.25) is 0 Å². The van der Waals surface area contributed by atoms with Crippen molar-refractivity contribution in [2.24, 2.45) is 5.41 Å². The van der Waals surface area contributed by atoms with Crippen molar-refractivity contribution in [2.45, 2.75) is 26.2 Å². The van der Waals surface area contributed by atoms with Crippen LogP contribution >= 0.6 is 0 Å². The number of hydrogen-bond acceptors (Lipinski definition) is 2. The second kappa shape index (κ2) is 4.31. The van der Waals surface area contributed by atoms with Crippen LogP contribution in [-0.4, -0.2) is 18.6 Å². The van der Waals surface area contributed by atoms with E-state index in [4.69, 9.17) is 0 Å². The number of para-hydroxylation sites is 1. The molecular weight excluding hydrogens is 234 g/mol. The molecule has 0 radical (unpaired) electrons. The highest BCUT2D eigenvalue weighted by atomic mass is 15.1. The summed E-state index contributed by atoms with van der Waals surface area (Å²) in [6.45, 7) is 2.93. The van der Waals surface area contributed by atoms with E-state index >= 15 is 0 Å². The number of aromatic amines is 1. The molecule has 98 valence electrons. The van der Waals surface area contributed by atoms with E-state index in [0.29, 0.717) is 0 Å². The van der Waals surface area contributed by atoms with Crippen LogP contribution in [0.3, 0.4) is 0 Å². The van der Waals surface area contributed by atoms with E-state index in [1.165, 1.54) is 28.7 Å². The van der Waals surface area contributed by atoms with Crippen molar-refractivity contribution in [3.05, 3.63) is 30.0 Å². The lowest BCUT2D eigenvalue weighted by Gasteiger charge is -2.39. The molecule has 1 N–H and O–H groups in total. The Kier molecular flexibility index (Phi) is 2.74. The Morgan fingerprint density at radius 2 is 2.11 bits per heavy atom. The minimum Gasteiger partial charge on any atom is -0.371 e. The van der Waals surface area contributed by atoms with Gasteiger partial charge in [0.25, 0.3) is 0 Å². The van der Waals surface area contributed by atoms with Crippen LogP contribution in [-0.2, 0) is 0 Å². The highest BCUT2D eigenvalue weighted by Gasteiger charge is 2.38. The summed E-state index contributed by atoms with van der Waals surface area (Å²) in [5.74, 6) is 0. The first-order chi connectivity index (χ1) is 9.15. The minimum absolute atomic E-state index is 0.125. The molecule has 0 atom stereocenters. The number of aryl methyl sites for hydroxylation is 1. The molecule has 0 unspecified atom stereocenters. The molecule has 3 rings (SSSR count). The lowest BCUT2D eigenvalue weighted by molar-refractivity contribution is 0.223. The average molecular weight is 253 g/mol. The molecule has 2 aromatic rings. The van der Waals surface area contributed by atoms with Gasteiger partial charge in [0.1, 0.15) is 0 Å². The first kappa shape index (κ1) is 12.1. The highest BCUT2D eigenvalue weighted by molar-refractivity contribution is 5.94. The molecular formula is C16H19N3. The van der Waals surface area contributed by atoms with E-state index in [0.717, 1.165) is 19.4 Å². The predicted molar refractivity (Wildman–Crippen MR) is 78.2 cm³/mol. The van der Waals surface area contributed by atoms with E-state index in [-0.39, 0.29) is 5.41 Å². The second-order valence-corrected chi connectivity index (χ2v) is 5.75. The van der Waals surface area contributed by atoms with E-state index in [1.54, 1.807) is 0 Å². The fraction of sp³-hybridized carbons (Fsp3) is 0.438. The Bertz CT molecular complexity index is 644. The lowest BCUT2D eigenvalue weighted by Crippen LogP contribution is -2.39. The van der Waals surface area contributed by atoms with E-state index in [1.807, 2.05) is 6.07 Å². The van der Waals surface area contributed by atoms with Crippen LogP contribution in [0, 0.1) is 23.7 Å². The van der Waals surface area contributed by atoms with Crippen molar-refractivity contribution >= 4 is 16.6 Å². The van der Waals surface area contributed by atoms with Crippen molar-refractivity contribution in [3.63, 3.8) is 0 Å². The first-order valence-electron chi connectivity index (χ1n) is 6.85. The molecule has 1 fully saturated rings. The number of hydrogen-bond donors (Lipinski definition) is 1. The SMILES string of the molecule is Cc1[nH]c2ccccc2c1N(C)CC1(C#N)CCC1. The number of nitrogens with zero attached hydrogens (tertiary/aromatic N) is 2. The third-order valence-corrected chi connectivity index (χ3v) is 4.33. The van der Waals surface area contributed by atoms with Gasteiger partial charge in [0.2, 0.25) is 0 Å². The Morgan fingerprint density at radius 1 is 1.37 bits per heavy atom. The largest absolute Gasteiger partial charge is 0.371 e. The number of anilines is 1. The van der Waals surface area contributed by atoms with Crippen LogP contribution in [0.15, 0.2) is 24.3 Å². The van der Waals surface area contributed by atoms with Gasteiger partial charge in [-0.15, -0.1) is 0 Å². The van der Waals surface area contributed by atoms with Gasteiger partial charge in [-0.05, 0) is 25.8 Å². The maximum Gasteiger partial charge on any atom is 0.0748 e. The number of H-pyrrole nitrogens is 1. The summed E-state index contributed by atoms with van der Waals surface area (Å²) in [5.41, 5.74) is 3.45. The summed E-state index contributed by atoms with van der Waals surface area (Å²) < 4.78 is 0. The van der Waals surface area contributed by atoms with Crippen molar-refractivity contribution in [1.82, 2.24) is 4.98 Å². The summed E-state index contributed by atoms with van der Waals surface area (Å²) in [4.78, 5) is 5.67. The molecule has 0 aliphatic heterocycles. The van der Waals surface area contributed by atoms with E-state index in [2.05, 4.69) is 48.1 Å². The number of benzene rings is 1. The normalized spacial score (nSPS) is 16.9. The zero-order valence-corrected chi connectivity index (χ0v) is 11.5. The number of rotatable bonds is 3. The molecule has 0 saturated heterocycles. The van der Waals surface area contributed by atoms with Gasteiger partial charge in [0.05, 0.1) is 17.2 Å². The zero-order chi connectivity index (χ0) is 13.5. The number of nitrogens with one attached hydrogen (secondary N) is 1. The van der Waals surface area contributed by atoms with Crippen molar-refractivity contribution < 1.29 is 0 Å². The molecule has 3 heteroatoms. The summed E-state index contributed by atoms with van der Waals surface area (Å²) in [7, 11) is 2.10. The summed E-state index contributed by atoms with van der Waals surface area (Å²) in [5, 5.41) is 10.6. The Balaban J connectivity index is 1.96. The number of nitriles is 1. The van der Waals surface area contributed by atoms with Crippen molar-refractivity contribution in [2.75, 3.05) is 18.5 Å². The molecule has 1 aliphatic rings. The van der Waals surface area contributed by atoms with Gasteiger partial charge in [0.15, 0.2) is 0 Å². The van der Waals surface area contributed by atoms with Gasteiger partial charge in [-0.1, -0.05) is 24.6 Å². The molecule has 0 bridgehead atoms. The standard InChI is InChI=1S/C16H19N3/c1-12-15(13-6-3-4-7-14(13)18-12)19(2)11-16(10-17)8-5-9-16/h3-4,6-7,18H,5,8-9,11H2,1-2H3. The quantitative estimate of drug-likeness (QED) is 0.908. The van der Waals surface area contributed by atoms with Crippen molar-refractivity contribution in [1.29, 1.82) is 5.26 Å². The molecule has 3 nitrogen and oxygen atoms in total. The fourth-order valence-electron chi connectivity index (χ4n) is 3.20. The van der Waals surface area contributed by atoms with Gasteiger partial charge in [-0.25, -0.2) is 0 Å². The Hall–Kier alpha value is -1.95. The van der Waals surface area contributed by atoms with Crippen LogP contribution in [0.5, 0.6) is 0 Å². The average Bonchev–Trinajstić information content (AvgIpc) is 2.69. The fourth-order valence-corrected chi connectivity index (χ4v) is 3.20. The van der Waals surface area contributed by atoms with Gasteiger partial charge in [-0.2, -0.15) is 5.26 Å². The van der Waals surface area contributed by atoms with Crippen molar-refractivity contribution in [3.8, 4) is 6.07 Å². The Morgan fingerprint density at radius 3 is 2.74 bits per heavy atom. The highest BCUT2D eigenvalue weighted by Crippen LogP contribution is 2.42. The van der Waals surface area contributed by atoms with Gasteiger partial charge < -0.3 is 9.88 Å². The monoisotopic (exact) mass is 253 g/mol. The van der Waals surface area contributed by atoms with Crippen LogP contribution < -0.4 is 4.90 Å². The van der Waals surface area contributed by atoms with E-state index in [9.17, 15) is 5.26 Å². The Labute approximate surface area is 113 Å². The molecule has 0 spiro atoms. The summed E-state index contributed by atoms with van der Waals surface area (Å²) in [6.07, 6.45) is 3.26. The molecule has 0 amide bonds. The number of fused-ring (bicyclic) bond motifs is 1. The minimum atomic E-state index is -0.125. The molecule has 1 saturated carbocycles. The first-order valence-corrected chi connectivity index (χ1v) is 6.85. The maximum atomic E-state index is 9.38. The third-order valence-electron chi connectivity index (χ3n) is 4.33. The zero-order valence-electron chi connectivity index (χ0n) is 11.5. The smallest absolute Gasteiger partial charge is 0.0748 e. The van der Waals surface area contributed by atoms with Gasteiger partial charge in [0, 0.05) is 30.2 Å². The second-order valence-electron chi connectivity index (χ2n) is 5.75. The van der Waals surface area contributed by atoms with Crippen LogP contribution in [0.4, 0.5) is 5.69 Å². The predicted octanol–water partition coefficient (Wildman–Crippen LogP) is 3.61. The summed E-state index contributed by atoms with van der Waals surface area (Å²) in [6, 6.07) is 10.9. The van der Waals surface area contributed by atoms with Gasteiger partial charge >= 0.3 is 0 Å². The maximum absolute atomic E-state index is 9.38. The van der Waals surface area contributed by atoms with Gasteiger partial charge in [-0.3, -0.25) is 0 Å². The molecule has 1 aliphatic carbocycles. The molecule has 1 heterocycles. The molecule has 19 heavy (non-hydrogen) atoms. The van der Waals surface area contributed by atoms with Crippen LogP contribution in [0.1, 0.15) is 25.0 Å². The third kappa shape index (κ3) is 1.88. The molecule has 1 aromatic carbocycles. The summed E-state index contributed by atoms with van der Waals surface area (Å²) >= 11 is 0. The van der Waals surface area contributed by atoms with Crippen LogP contribution in [0.25, 0.3) is 10.9 Å².